The fourth-order valence-electron chi connectivity index (χ4n) is 2.72. The molecule has 0 saturated carbocycles. The van der Waals surface area contributed by atoms with Crippen LogP contribution in [0.1, 0.15) is 12.5 Å². The lowest BCUT2D eigenvalue weighted by Crippen LogP contribution is -2.28. The lowest BCUT2D eigenvalue weighted by atomic mass is 10.1. The molecule has 0 aliphatic carbocycles. The minimum atomic E-state index is -0.179. The number of nitrogens with zero attached hydrogens (tertiary/aromatic N) is 1. The number of methoxy groups -OCH3 is 1. The molecule has 5 heteroatoms. The molecule has 3 rings (SSSR count). The topological polar surface area (TPSA) is 62.4 Å². The van der Waals surface area contributed by atoms with Crippen LogP contribution >= 0.6 is 0 Å². The Morgan fingerprint density at radius 1 is 1.12 bits per heavy atom. The minimum absolute atomic E-state index is 0.0930. The maximum Gasteiger partial charge on any atom is 0.248 e. The third-order valence-electron chi connectivity index (χ3n) is 3.93. The molecule has 0 atom stereocenters. The zero-order valence-corrected chi connectivity index (χ0v) is 13.6. The Morgan fingerprint density at radius 2 is 1.83 bits per heavy atom. The standard InChI is InChI=1S/C19H18N2O3/c1-13(22)21(15-7-9-16(24-2)10-8-15)12-14-11-19(23)20-18-6-4-3-5-17(14)18/h3-11H,12H2,1-2H3,(H,20,23). The van der Waals surface area contributed by atoms with Gasteiger partial charge in [0.2, 0.25) is 11.5 Å². The van der Waals surface area contributed by atoms with Gasteiger partial charge in [-0.25, -0.2) is 0 Å². The predicted molar refractivity (Wildman–Crippen MR) is 94.4 cm³/mol. The lowest BCUT2D eigenvalue weighted by Gasteiger charge is -2.22. The number of amides is 1. The summed E-state index contributed by atoms with van der Waals surface area (Å²) in [6.45, 7) is 1.84. The molecule has 0 aliphatic rings. The van der Waals surface area contributed by atoms with Crippen LogP contribution in [0, 0.1) is 0 Å². The number of benzene rings is 2. The van der Waals surface area contributed by atoms with Crippen molar-refractivity contribution in [3.63, 3.8) is 0 Å². The summed E-state index contributed by atoms with van der Waals surface area (Å²) in [6, 6.07) is 16.4. The van der Waals surface area contributed by atoms with Crippen LogP contribution in [0.25, 0.3) is 10.9 Å². The molecule has 0 unspecified atom stereocenters. The van der Waals surface area contributed by atoms with Crippen molar-refractivity contribution in [2.24, 2.45) is 0 Å². The second-order valence-corrected chi connectivity index (χ2v) is 5.51. The molecule has 3 aromatic rings. The van der Waals surface area contributed by atoms with Crippen LogP contribution in [0.3, 0.4) is 0 Å². The smallest absolute Gasteiger partial charge is 0.248 e. The van der Waals surface area contributed by atoms with Crippen molar-refractivity contribution in [2.75, 3.05) is 12.0 Å². The van der Waals surface area contributed by atoms with Gasteiger partial charge in [0, 0.05) is 29.6 Å². The minimum Gasteiger partial charge on any atom is -0.497 e. The second kappa shape index (κ2) is 6.58. The van der Waals surface area contributed by atoms with E-state index in [2.05, 4.69) is 4.98 Å². The van der Waals surface area contributed by atoms with Gasteiger partial charge in [-0.15, -0.1) is 0 Å². The Labute approximate surface area is 139 Å². The van der Waals surface area contributed by atoms with Crippen LogP contribution < -0.4 is 15.2 Å². The summed E-state index contributed by atoms with van der Waals surface area (Å²) in [7, 11) is 1.60. The molecule has 0 radical (unpaired) electrons. The lowest BCUT2D eigenvalue weighted by molar-refractivity contribution is -0.116. The number of hydrogen-bond donors (Lipinski definition) is 1. The van der Waals surface area contributed by atoms with Crippen LogP contribution in [0.15, 0.2) is 59.4 Å². The number of H-pyrrole nitrogens is 1. The van der Waals surface area contributed by atoms with Gasteiger partial charge in [0.1, 0.15) is 5.75 Å². The summed E-state index contributed by atoms with van der Waals surface area (Å²) in [5.74, 6) is 0.633. The molecule has 0 fully saturated rings. The first-order valence-electron chi connectivity index (χ1n) is 7.61. The van der Waals surface area contributed by atoms with Crippen LogP contribution in [0.4, 0.5) is 5.69 Å². The summed E-state index contributed by atoms with van der Waals surface area (Å²) in [5, 5.41) is 0.928. The first kappa shape index (κ1) is 15.8. The van der Waals surface area contributed by atoms with Crippen molar-refractivity contribution >= 4 is 22.5 Å². The summed E-state index contributed by atoms with van der Waals surface area (Å²) in [4.78, 5) is 28.5. The van der Waals surface area contributed by atoms with E-state index in [0.717, 1.165) is 27.9 Å². The van der Waals surface area contributed by atoms with Gasteiger partial charge in [-0.1, -0.05) is 18.2 Å². The molecule has 0 saturated heterocycles. The number of rotatable bonds is 4. The first-order valence-corrected chi connectivity index (χ1v) is 7.61. The average molecular weight is 322 g/mol. The van der Waals surface area contributed by atoms with Crippen LogP contribution in [-0.2, 0) is 11.3 Å². The van der Waals surface area contributed by atoms with Crippen molar-refractivity contribution in [3.05, 3.63) is 70.5 Å². The van der Waals surface area contributed by atoms with Crippen LogP contribution in [-0.4, -0.2) is 18.0 Å². The average Bonchev–Trinajstić information content (AvgIpc) is 2.59. The van der Waals surface area contributed by atoms with E-state index in [1.807, 2.05) is 36.4 Å². The summed E-state index contributed by atoms with van der Waals surface area (Å²) in [5.41, 5.74) is 2.15. The SMILES string of the molecule is COc1ccc(N(Cc2cc(=O)[nH]c3ccccc23)C(C)=O)cc1. The maximum atomic E-state index is 12.1. The van der Waals surface area contributed by atoms with E-state index in [1.54, 1.807) is 30.2 Å². The predicted octanol–water partition coefficient (Wildman–Crippen LogP) is 3.09. The molecule has 0 bridgehead atoms. The van der Waals surface area contributed by atoms with Gasteiger partial charge in [-0.2, -0.15) is 0 Å². The zero-order chi connectivity index (χ0) is 17.1. The van der Waals surface area contributed by atoms with E-state index in [4.69, 9.17) is 4.74 Å². The maximum absolute atomic E-state index is 12.1. The summed E-state index contributed by atoms with van der Waals surface area (Å²) >= 11 is 0. The van der Waals surface area contributed by atoms with E-state index in [-0.39, 0.29) is 11.5 Å². The Hall–Kier alpha value is -3.08. The van der Waals surface area contributed by atoms with Crippen molar-refractivity contribution < 1.29 is 9.53 Å². The van der Waals surface area contributed by atoms with Gasteiger partial charge in [-0.3, -0.25) is 9.59 Å². The first-order chi connectivity index (χ1) is 11.6. The molecular formula is C19H18N2O3. The Kier molecular flexibility index (Phi) is 4.33. The van der Waals surface area contributed by atoms with E-state index in [0.29, 0.717) is 6.54 Å². The number of ether oxygens (including phenoxy) is 1. The highest BCUT2D eigenvalue weighted by molar-refractivity contribution is 5.92. The number of anilines is 1. The third kappa shape index (κ3) is 3.15. The quantitative estimate of drug-likeness (QED) is 0.803. The molecule has 2 aromatic carbocycles. The third-order valence-corrected chi connectivity index (χ3v) is 3.93. The monoisotopic (exact) mass is 322 g/mol. The molecule has 1 aromatic heterocycles. The number of hydrogen-bond acceptors (Lipinski definition) is 3. The number of para-hydroxylation sites is 1. The van der Waals surface area contributed by atoms with Crippen LogP contribution in [0.2, 0.25) is 0 Å². The number of fused-ring (bicyclic) bond motifs is 1. The molecule has 1 N–H and O–H groups in total. The number of carbonyl (C=O) groups is 1. The van der Waals surface area contributed by atoms with Crippen molar-refractivity contribution in [1.82, 2.24) is 4.98 Å². The van der Waals surface area contributed by atoms with E-state index in [9.17, 15) is 9.59 Å². The number of nitrogens with one attached hydrogen (secondary N) is 1. The summed E-state index contributed by atoms with van der Waals surface area (Å²) in [6.07, 6.45) is 0. The molecular weight excluding hydrogens is 304 g/mol. The van der Waals surface area contributed by atoms with Crippen molar-refractivity contribution in [1.29, 1.82) is 0 Å². The second-order valence-electron chi connectivity index (χ2n) is 5.51. The highest BCUT2D eigenvalue weighted by atomic mass is 16.5. The summed E-state index contributed by atoms with van der Waals surface area (Å²) < 4.78 is 5.15. The van der Waals surface area contributed by atoms with E-state index in [1.165, 1.54) is 6.92 Å². The fourth-order valence-corrected chi connectivity index (χ4v) is 2.72. The Bertz CT molecular complexity index is 929. The largest absolute Gasteiger partial charge is 0.497 e. The number of carbonyl (C=O) groups excluding carboxylic acids is 1. The molecule has 0 aliphatic heterocycles. The van der Waals surface area contributed by atoms with Gasteiger partial charge in [0.05, 0.1) is 13.7 Å². The highest BCUT2D eigenvalue weighted by Crippen LogP contribution is 2.23. The molecule has 5 nitrogen and oxygen atoms in total. The van der Waals surface area contributed by atoms with Gasteiger partial charge in [0.25, 0.3) is 0 Å². The zero-order valence-electron chi connectivity index (χ0n) is 13.6. The van der Waals surface area contributed by atoms with Crippen molar-refractivity contribution in [3.8, 4) is 5.75 Å². The fraction of sp³-hybridized carbons (Fsp3) is 0.158. The highest BCUT2D eigenvalue weighted by Gasteiger charge is 2.14. The molecule has 24 heavy (non-hydrogen) atoms. The molecule has 122 valence electrons. The Balaban J connectivity index is 2.02. The number of aromatic amines is 1. The van der Waals surface area contributed by atoms with Gasteiger partial charge in [0.15, 0.2) is 0 Å². The molecule has 1 heterocycles. The molecule has 0 spiro atoms. The Morgan fingerprint density at radius 3 is 2.50 bits per heavy atom. The van der Waals surface area contributed by atoms with Gasteiger partial charge >= 0.3 is 0 Å². The van der Waals surface area contributed by atoms with Crippen LogP contribution in [0.5, 0.6) is 5.75 Å². The number of aromatic nitrogens is 1. The molecule has 1 amide bonds. The van der Waals surface area contributed by atoms with Gasteiger partial charge in [-0.05, 0) is 35.9 Å². The number of pyridine rings is 1. The van der Waals surface area contributed by atoms with Gasteiger partial charge < -0.3 is 14.6 Å². The van der Waals surface area contributed by atoms with E-state index < -0.39 is 0 Å². The van der Waals surface area contributed by atoms with Crippen molar-refractivity contribution in [2.45, 2.75) is 13.5 Å². The van der Waals surface area contributed by atoms with E-state index >= 15 is 0 Å². The normalized spacial score (nSPS) is 10.6.